The molecule has 1 saturated heterocycles. The number of alkyl halides is 1. The Labute approximate surface area is 94.6 Å². The topological polar surface area (TPSA) is 30.5 Å². The van der Waals surface area contributed by atoms with Crippen LogP contribution in [-0.4, -0.2) is 32.5 Å². The van der Waals surface area contributed by atoms with E-state index in [0.717, 1.165) is 12.3 Å². The number of halogens is 1. The Morgan fingerprint density at radius 1 is 1.25 bits per heavy atom. The molecule has 1 aliphatic heterocycles. The summed E-state index contributed by atoms with van der Waals surface area (Å²) in [5, 5.41) is 2.99. The number of benzene rings is 1. The fourth-order valence-corrected chi connectivity index (χ4v) is 1.76. The molecule has 1 aliphatic rings. The Balaban J connectivity index is 1.96. The number of hydrogen-bond donors (Lipinski definition) is 1. The van der Waals surface area contributed by atoms with Crippen molar-refractivity contribution in [2.24, 2.45) is 0 Å². The monoisotopic (exact) mass is 225 g/mol. The molecule has 2 unspecified atom stereocenters. The molecule has 2 rings (SSSR count). The summed E-state index contributed by atoms with van der Waals surface area (Å²) in [4.78, 5) is 0. The largest absolute Gasteiger partial charge is 0.497 e. The summed E-state index contributed by atoms with van der Waals surface area (Å²) in [6, 6.07) is 7.22. The van der Waals surface area contributed by atoms with Crippen LogP contribution in [0.15, 0.2) is 24.3 Å². The first kappa shape index (κ1) is 11.2. The van der Waals surface area contributed by atoms with Gasteiger partial charge in [-0.3, -0.25) is 0 Å². The molecule has 0 amide bonds. The quantitative estimate of drug-likeness (QED) is 0.850. The molecule has 1 aromatic carbocycles. The average molecular weight is 225 g/mol. The van der Waals surface area contributed by atoms with Gasteiger partial charge in [0, 0.05) is 6.54 Å². The van der Waals surface area contributed by atoms with Gasteiger partial charge in [0.15, 0.2) is 0 Å². The van der Waals surface area contributed by atoms with Crippen molar-refractivity contribution in [1.82, 2.24) is 5.32 Å². The van der Waals surface area contributed by atoms with Crippen LogP contribution < -0.4 is 14.8 Å². The lowest BCUT2D eigenvalue weighted by molar-refractivity contribution is 0.0731. The smallest absolute Gasteiger partial charge is 0.149 e. The Morgan fingerprint density at radius 2 is 1.94 bits per heavy atom. The van der Waals surface area contributed by atoms with Crippen molar-refractivity contribution in [1.29, 1.82) is 0 Å². The molecule has 88 valence electrons. The van der Waals surface area contributed by atoms with Crippen LogP contribution in [-0.2, 0) is 0 Å². The fourth-order valence-electron chi connectivity index (χ4n) is 1.76. The van der Waals surface area contributed by atoms with Crippen molar-refractivity contribution in [3.63, 3.8) is 0 Å². The highest BCUT2D eigenvalue weighted by molar-refractivity contribution is 5.31. The van der Waals surface area contributed by atoms with Gasteiger partial charge in [0.25, 0.3) is 0 Å². The molecular weight excluding hydrogens is 209 g/mol. The lowest BCUT2D eigenvalue weighted by Gasteiger charge is -2.27. The van der Waals surface area contributed by atoms with E-state index < -0.39 is 6.17 Å². The summed E-state index contributed by atoms with van der Waals surface area (Å²) < 4.78 is 24.1. The summed E-state index contributed by atoms with van der Waals surface area (Å²) in [6.45, 7) is 1.18. The van der Waals surface area contributed by atoms with Gasteiger partial charge in [0.1, 0.15) is 23.8 Å². The Morgan fingerprint density at radius 3 is 2.56 bits per heavy atom. The van der Waals surface area contributed by atoms with E-state index in [2.05, 4.69) is 5.32 Å². The van der Waals surface area contributed by atoms with Crippen molar-refractivity contribution < 1.29 is 13.9 Å². The highest BCUT2D eigenvalue weighted by Gasteiger charge is 2.26. The zero-order chi connectivity index (χ0) is 11.4. The first-order chi connectivity index (χ1) is 7.79. The maximum absolute atomic E-state index is 13.5. The summed E-state index contributed by atoms with van der Waals surface area (Å²) in [5.74, 6) is 1.46. The summed E-state index contributed by atoms with van der Waals surface area (Å²) in [5.41, 5.74) is 0. The van der Waals surface area contributed by atoms with E-state index in [0.29, 0.717) is 18.7 Å². The van der Waals surface area contributed by atoms with Crippen LogP contribution in [0.25, 0.3) is 0 Å². The molecule has 1 heterocycles. The average Bonchev–Trinajstić information content (AvgIpc) is 2.33. The minimum Gasteiger partial charge on any atom is -0.497 e. The van der Waals surface area contributed by atoms with E-state index in [1.807, 2.05) is 12.1 Å². The normalized spacial score (nSPS) is 25.1. The summed E-state index contributed by atoms with van der Waals surface area (Å²) in [6.07, 6.45) is -0.571. The third-order valence-corrected chi connectivity index (χ3v) is 2.70. The molecule has 4 heteroatoms. The highest BCUT2D eigenvalue weighted by atomic mass is 19.1. The van der Waals surface area contributed by atoms with Crippen LogP contribution >= 0.6 is 0 Å². The van der Waals surface area contributed by atoms with Gasteiger partial charge in [-0.25, -0.2) is 4.39 Å². The number of methoxy groups -OCH3 is 1. The van der Waals surface area contributed by atoms with Gasteiger partial charge in [-0.05, 0) is 37.2 Å². The minimum atomic E-state index is -0.934. The zero-order valence-electron chi connectivity index (χ0n) is 9.28. The number of piperidine rings is 1. The van der Waals surface area contributed by atoms with Crippen LogP contribution in [0.1, 0.15) is 6.42 Å². The van der Waals surface area contributed by atoms with Gasteiger partial charge in [-0.15, -0.1) is 0 Å². The number of hydrogen-bond acceptors (Lipinski definition) is 3. The third-order valence-electron chi connectivity index (χ3n) is 2.70. The Kier molecular flexibility index (Phi) is 3.62. The molecule has 0 spiro atoms. The predicted molar refractivity (Wildman–Crippen MR) is 59.8 cm³/mol. The van der Waals surface area contributed by atoms with Crippen molar-refractivity contribution in [3.05, 3.63) is 24.3 Å². The van der Waals surface area contributed by atoms with E-state index in [4.69, 9.17) is 9.47 Å². The van der Waals surface area contributed by atoms with Gasteiger partial charge in [-0.1, -0.05) is 0 Å². The standard InChI is InChI=1S/C12H16FNO2/c1-15-9-2-4-10(5-3-9)16-12-6-7-14-8-11(12)13/h2-5,11-12,14H,6-8H2,1H3. The molecule has 1 fully saturated rings. The lowest BCUT2D eigenvalue weighted by Crippen LogP contribution is -2.44. The van der Waals surface area contributed by atoms with Gasteiger partial charge < -0.3 is 14.8 Å². The zero-order valence-corrected chi connectivity index (χ0v) is 9.28. The van der Waals surface area contributed by atoms with Crippen LogP contribution in [0.4, 0.5) is 4.39 Å². The van der Waals surface area contributed by atoms with E-state index >= 15 is 0 Å². The number of nitrogens with one attached hydrogen (secondary N) is 1. The highest BCUT2D eigenvalue weighted by Crippen LogP contribution is 2.21. The summed E-state index contributed by atoms with van der Waals surface area (Å²) >= 11 is 0. The van der Waals surface area contributed by atoms with Gasteiger partial charge >= 0.3 is 0 Å². The second kappa shape index (κ2) is 5.16. The molecule has 0 saturated carbocycles. The van der Waals surface area contributed by atoms with Crippen LogP contribution in [0, 0.1) is 0 Å². The Bertz CT molecular complexity index is 328. The van der Waals surface area contributed by atoms with Crippen molar-refractivity contribution >= 4 is 0 Å². The molecule has 1 aromatic rings. The van der Waals surface area contributed by atoms with Crippen molar-refractivity contribution in [2.45, 2.75) is 18.7 Å². The van der Waals surface area contributed by atoms with Crippen LogP contribution in [0.3, 0.4) is 0 Å². The van der Waals surface area contributed by atoms with Gasteiger partial charge in [0.05, 0.1) is 7.11 Å². The van der Waals surface area contributed by atoms with Gasteiger partial charge in [0.2, 0.25) is 0 Å². The molecule has 1 N–H and O–H groups in total. The SMILES string of the molecule is COc1ccc(OC2CCNCC2F)cc1. The predicted octanol–water partition coefficient (Wildman–Crippen LogP) is 1.77. The maximum Gasteiger partial charge on any atom is 0.149 e. The molecule has 0 aromatic heterocycles. The molecule has 0 radical (unpaired) electrons. The van der Waals surface area contributed by atoms with Crippen LogP contribution in [0.5, 0.6) is 11.5 Å². The number of rotatable bonds is 3. The maximum atomic E-state index is 13.5. The van der Waals surface area contributed by atoms with E-state index in [1.165, 1.54) is 0 Å². The van der Waals surface area contributed by atoms with Crippen molar-refractivity contribution in [3.8, 4) is 11.5 Å². The Hall–Kier alpha value is -1.29. The third kappa shape index (κ3) is 2.64. The van der Waals surface area contributed by atoms with E-state index in [1.54, 1.807) is 19.2 Å². The summed E-state index contributed by atoms with van der Waals surface area (Å²) in [7, 11) is 1.61. The molecule has 3 nitrogen and oxygen atoms in total. The molecule has 0 aliphatic carbocycles. The second-order valence-electron chi connectivity index (χ2n) is 3.84. The molecular formula is C12H16FNO2. The first-order valence-electron chi connectivity index (χ1n) is 5.45. The van der Waals surface area contributed by atoms with Crippen molar-refractivity contribution in [2.75, 3.05) is 20.2 Å². The molecule has 16 heavy (non-hydrogen) atoms. The lowest BCUT2D eigenvalue weighted by atomic mass is 10.1. The first-order valence-corrected chi connectivity index (χ1v) is 5.45. The minimum absolute atomic E-state index is 0.338. The second-order valence-corrected chi connectivity index (χ2v) is 3.84. The van der Waals surface area contributed by atoms with E-state index in [-0.39, 0.29) is 6.10 Å². The molecule has 2 atom stereocenters. The molecule has 0 bridgehead atoms. The van der Waals surface area contributed by atoms with E-state index in [9.17, 15) is 4.39 Å². The fraction of sp³-hybridized carbons (Fsp3) is 0.500. The van der Waals surface area contributed by atoms with Gasteiger partial charge in [-0.2, -0.15) is 0 Å². The van der Waals surface area contributed by atoms with Crippen LogP contribution in [0.2, 0.25) is 0 Å². The number of ether oxygens (including phenoxy) is 2.